The fourth-order valence-corrected chi connectivity index (χ4v) is 2.84. The number of hydrogen-bond acceptors (Lipinski definition) is 5. The van der Waals surface area contributed by atoms with E-state index in [0.717, 1.165) is 12.1 Å². The SMILES string of the molecule is O=C(NN=Cc1ccccc1OC(=O)c1ccccc1Br)C(=O)Nc1ccc(F)cc1. The van der Waals surface area contributed by atoms with Gasteiger partial charge < -0.3 is 10.1 Å². The Balaban J connectivity index is 1.63. The van der Waals surface area contributed by atoms with Crippen LogP contribution in [0.25, 0.3) is 0 Å². The summed E-state index contributed by atoms with van der Waals surface area (Å²) in [6, 6.07) is 18.3. The highest BCUT2D eigenvalue weighted by Crippen LogP contribution is 2.21. The summed E-state index contributed by atoms with van der Waals surface area (Å²) in [5.74, 6) is -2.82. The standard InChI is InChI=1S/C22H15BrFN3O4/c23-18-7-3-2-6-17(18)22(30)31-19-8-4-1-5-14(19)13-25-27-21(29)20(28)26-16-11-9-15(24)10-12-16/h1-13H,(H,26,28)(H,27,29). The van der Waals surface area contributed by atoms with E-state index in [1.165, 1.54) is 18.3 Å². The van der Waals surface area contributed by atoms with E-state index >= 15 is 0 Å². The van der Waals surface area contributed by atoms with Gasteiger partial charge in [-0.2, -0.15) is 5.10 Å². The highest BCUT2D eigenvalue weighted by molar-refractivity contribution is 9.10. The number of hydrazone groups is 1. The lowest BCUT2D eigenvalue weighted by molar-refractivity contribution is -0.136. The van der Waals surface area contributed by atoms with Crippen molar-refractivity contribution in [3.05, 3.63) is 94.2 Å². The zero-order valence-electron chi connectivity index (χ0n) is 15.8. The molecule has 9 heteroatoms. The molecule has 3 aromatic carbocycles. The van der Waals surface area contributed by atoms with Gasteiger partial charge in [0.15, 0.2) is 0 Å². The van der Waals surface area contributed by atoms with Gasteiger partial charge in [0.05, 0.1) is 11.8 Å². The lowest BCUT2D eigenvalue weighted by Crippen LogP contribution is -2.32. The van der Waals surface area contributed by atoms with E-state index < -0.39 is 23.6 Å². The molecule has 0 atom stereocenters. The van der Waals surface area contributed by atoms with E-state index in [4.69, 9.17) is 4.74 Å². The quantitative estimate of drug-likeness (QED) is 0.189. The number of halogens is 2. The Morgan fingerprint density at radius 3 is 2.32 bits per heavy atom. The Hall–Kier alpha value is -3.85. The van der Waals surface area contributed by atoms with Gasteiger partial charge in [0, 0.05) is 15.7 Å². The molecule has 0 saturated carbocycles. The molecule has 31 heavy (non-hydrogen) atoms. The van der Waals surface area contributed by atoms with Crippen molar-refractivity contribution in [1.82, 2.24) is 5.43 Å². The second kappa shape index (κ2) is 10.3. The first-order valence-corrected chi connectivity index (χ1v) is 9.69. The van der Waals surface area contributed by atoms with Gasteiger partial charge >= 0.3 is 17.8 Å². The van der Waals surface area contributed by atoms with E-state index in [-0.39, 0.29) is 11.4 Å². The number of benzene rings is 3. The molecule has 0 radical (unpaired) electrons. The van der Waals surface area contributed by atoms with E-state index in [2.05, 4.69) is 31.8 Å². The number of rotatable bonds is 5. The first-order chi connectivity index (χ1) is 14.9. The summed E-state index contributed by atoms with van der Waals surface area (Å²) < 4.78 is 18.9. The number of anilines is 1. The lowest BCUT2D eigenvalue weighted by atomic mass is 10.2. The minimum Gasteiger partial charge on any atom is -0.422 e. The van der Waals surface area contributed by atoms with E-state index in [1.807, 2.05) is 0 Å². The molecular formula is C22H15BrFN3O4. The second-order valence-corrected chi connectivity index (χ2v) is 6.92. The lowest BCUT2D eigenvalue weighted by Gasteiger charge is -2.08. The molecule has 7 nitrogen and oxygen atoms in total. The average Bonchev–Trinajstić information content (AvgIpc) is 2.76. The van der Waals surface area contributed by atoms with Crippen molar-refractivity contribution in [3.8, 4) is 5.75 Å². The third-order valence-corrected chi connectivity index (χ3v) is 4.58. The monoisotopic (exact) mass is 483 g/mol. The van der Waals surface area contributed by atoms with Crippen molar-refractivity contribution in [1.29, 1.82) is 0 Å². The predicted molar refractivity (Wildman–Crippen MR) is 116 cm³/mol. The Bertz CT molecular complexity index is 1150. The molecule has 2 amide bonds. The van der Waals surface area contributed by atoms with Gasteiger partial charge in [-0.1, -0.05) is 24.3 Å². The Labute approximate surface area is 185 Å². The molecule has 0 unspecified atom stereocenters. The van der Waals surface area contributed by atoms with Gasteiger partial charge in [-0.05, 0) is 64.5 Å². The zero-order valence-corrected chi connectivity index (χ0v) is 17.4. The third-order valence-electron chi connectivity index (χ3n) is 3.89. The Morgan fingerprint density at radius 1 is 0.903 bits per heavy atom. The second-order valence-electron chi connectivity index (χ2n) is 6.07. The van der Waals surface area contributed by atoms with Crippen LogP contribution >= 0.6 is 15.9 Å². The number of esters is 1. The fraction of sp³-hybridized carbons (Fsp3) is 0. The highest BCUT2D eigenvalue weighted by Gasteiger charge is 2.15. The average molecular weight is 484 g/mol. The van der Waals surface area contributed by atoms with Crippen LogP contribution in [0.1, 0.15) is 15.9 Å². The first-order valence-electron chi connectivity index (χ1n) is 8.90. The number of ether oxygens (including phenoxy) is 1. The molecule has 0 fully saturated rings. The van der Waals surface area contributed by atoms with Crippen LogP contribution in [0.2, 0.25) is 0 Å². The summed E-state index contributed by atoms with van der Waals surface area (Å²) in [5, 5.41) is 6.04. The number of carbonyl (C=O) groups excluding carboxylic acids is 3. The number of para-hydroxylation sites is 1. The number of carbonyl (C=O) groups is 3. The molecule has 0 spiro atoms. The molecule has 156 valence electrons. The number of nitrogens with zero attached hydrogens (tertiary/aromatic N) is 1. The van der Waals surface area contributed by atoms with Crippen molar-refractivity contribution in [2.45, 2.75) is 0 Å². The van der Waals surface area contributed by atoms with Gasteiger partial charge in [-0.15, -0.1) is 0 Å². The Kier molecular flexibility index (Phi) is 7.23. The van der Waals surface area contributed by atoms with E-state index in [1.54, 1.807) is 48.5 Å². The van der Waals surface area contributed by atoms with E-state index in [0.29, 0.717) is 15.6 Å². The van der Waals surface area contributed by atoms with Crippen molar-refractivity contribution in [2.24, 2.45) is 5.10 Å². The highest BCUT2D eigenvalue weighted by atomic mass is 79.9. The molecule has 0 aliphatic heterocycles. The number of nitrogens with one attached hydrogen (secondary N) is 2. The van der Waals surface area contributed by atoms with Crippen molar-refractivity contribution >= 4 is 45.6 Å². The smallest absolute Gasteiger partial charge is 0.344 e. The van der Waals surface area contributed by atoms with E-state index in [9.17, 15) is 18.8 Å². The molecular weight excluding hydrogens is 469 g/mol. The summed E-state index contributed by atoms with van der Waals surface area (Å²) in [5.41, 5.74) is 3.09. The van der Waals surface area contributed by atoms with Crippen molar-refractivity contribution < 1.29 is 23.5 Å². The van der Waals surface area contributed by atoms with Gasteiger partial charge in [-0.25, -0.2) is 14.6 Å². The molecule has 0 saturated heterocycles. The minimum absolute atomic E-state index is 0.219. The molecule has 0 bridgehead atoms. The van der Waals surface area contributed by atoms with Gasteiger partial charge in [0.25, 0.3) is 0 Å². The maximum Gasteiger partial charge on any atom is 0.344 e. The van der Waals surface area contributed by atoms with Crippen LogP contribution in [0.5, 0.6) is 5.75 Å². The fourth-order valence-electron chi connectivity index (χ4n) is 2.39. The minimum atomic E-state index is -1.02. The van der Waals surface area contributed by atoms with Crippen LogP contribution < -0.4 is 15.5 Å². The summed E-state index contributed by atoms with van der Waals surface area (Å²) in [6.45, 7) is 0. The summed E-state index contributed by atoms with van der Waals surface area (Å²) in [7, 11) is 0. The number of hydrogen-bond donors (Lipinski definition) is 2. The third kappa shape index (κ3) is 6.06. The van der Waals surface area contributed by atoms with Crippen LogP contribution in [-0.2, 0) is 9.59 Å². The predicted octanol–water partition coefficient (Wildman–Crippen LogP) is 3.90. The molecule has 0 aliphatic rings. The van der Waals surface area contributed by atoms with Crippen molar-refractivity contribution in [2.75, 3.05) is 5.32 Å². The van der Waals surface area contributed by atoms with Gasteiger partial charge in [-0.3, -0.25) is 9.59 Å². The summed E-state index contributed by atoms with van der Waals surface area (Å²) in [6.07, 6.45) is 1.24. The zero-order chi connectivity index (χ0) is 22.2. The largest absolute Gasteiger partial charge is 0.422 e. The van der Waals surface area contributed by atoms with Gasteiger partial charge in [0.1, 0.15) is 11.6 Å². The molecule has 0 aromatic heterocycles. The summed E-state index contributed by atoms with van der Waals surface area (Å²) in [4.78, 5) is 36.2. The van der Waals surface area contributed by atoms with Gasteiger partial charge in [0.2, 0.25) is 0 Å². The van der Waals surface area contributed by atoms with Crippen LogP contribution in [0.4, 0.5) is 10.1 Å². The first kappa shape index (κ1) is 21.8. The maximum atomic E-state index is 12.9. The van der Waals surface area contributed by atoms with Crippen molar-refractivity contribution in [3.63, 3.8) is 0 Å². The maximum absolute atomic E-state index is 12.9. The van der Waals surface area contributed by atoms with Crippen LogP contribution in [-0.4, -0.2) is 24.0 Å². The molecule has 0 heterocycles. The molecule has 3 aromatic rings. The summed E-state index contributed by atoms with van der Waals surface area (Å²) >= 11 is 3.30. The normalized spacial score (nSPS) is 10.5. The molecule has 0 aliphatic carbocycles. The Morgan fingerprint density at radius 2 is 1.58 bits per heavy atom. The molecule has 3 rings (SSSR count). The van der Waals surface area contributed by atoms with Crippen LogP contribution in [0, 0.1) is 5.82 Å². The molecule has 2 N–H and O–H groups in total. The van der Waals surface area contributed by atoms with Crippen LogP contribution in [0.3, 0.4) is 0 Å². The van der Waals surface area contributed by atoms with Crippen LogP contribution in [0.15, 0.2) is 82.4 Å². The topological polar surface area (TPSA) is 96.9 Å². The number of amides is 2.